The highest BCUT2D eigenvalue weighted by atomic mass is 35.5. The largest absolute Gasteiger partial charge is 0.460 e. The second-order valence-corrected chi connectivity index (χ2v) is 4.10. The van der Waals surface area contributed by atoms with Crippen LogP contribution >= 0.6 is 12.4 Å². The average Bonchev–Trinajstić information content (AvgIpc) is 1.79. The minimum absolute atomic E-state index is 0. The summed E-state index contributed by atoms with van der Waals surface area (Å²) in [6.07, 6.45) is 1.10. The van der Waals surface area contributed by atoms with E-state index in [1.807, 2.05) is 27.7 Å². The van der Waals surface area contributed by atoms with Crippen LogP contribution in [0.4, 0.5) is 0 Å². The van der Waals surface area contributed by atoms with E-state index in [9.17, 15) is 4.79 Å². The molecule has 0 amide bonds. The smallest absolute Gasteiger partial charge is 0.306 e. The lowest BCUT2D eigenvalue weighted by Gasteiger charge is -2.19. The summed E-state index contributed by atoms with van der Waals surface area (Å²) in [5.74, 6) is -0.167. The molecule has 3 nitrogen and oxygen atoms in total. The van der Waals surface area contributed by atoms with Crippen molar-refractivity contribution in [2.45, 2.75) is 52.2 Å². The van der Waals surface area contributed by atoms with Crippen molar-refractivity contribution < 1.29 is 9.53 Å². The first-order chi connectivity index (χ1) is 5.31. The van der Waals surface area contributed by atoms with Crippen molar-refractivity contribution >= 4 is 18.4 Å². The van der Waals surface area contributed by atoms with Crippen molar-refractivity contribution in [2.24, 2.45) is 5.73 Å². The second kappa shape index (κ2) is 6.22. The first-order valence-corrected chi connectivity index (χ1v) is 4.28. The molecule has 1 atom stereocenters. The molecule has 0 aromatic rings. The lowest BCUT2D eigenvalue weighted by molar-refractivity contribution is -0.155. The van der Waals surface area contributed by atoms with Gasteiger partial charge in [0.25, 0.3) is 0 Å². The fraction of sp³-hybridized carbons (Fsp3) is 0.889. The van der Waals surface area contributed by atoms with Gasteiger partial charge in [-0.25, -0.2) is 0 Å². The Morgan fingerprint density at radius 1 is 1.46 bits per heavy atom. The third kappa shape index (κ3) is 11.7. The topological polar surface area (TPSA) is 52.3 Å². The van der Waals surface area contributed by atoms with E-state index in [4.69, 9.17) is 10.5 Å². The van der Waals surface area contributed by atoms with E-state index in [2.05, 4.69) is 0 Å². The van der Waals surface area contributed by atoms with Crippen LogP contribution in [-0.4, -0.2) is 17.6 Å². The summed E-state index contributed by atoms with van der Waals surface area (Å²) in [4.78, 5) is 11.1. The van der Waals surface area contributed by atoms with Crippen LogP contribution in [0.15, 0.2) is 0 Å². The Balaban J connectivity index is 0. The number of rotatable bonds is 3. The molecule has 1 unspecified atom stereocenters. The van der Waals surface area contributed by atoms with Gasteiger partial charge >= 0.3 is 5.97 Å². The number of ether oxygens (including phenoxy) is 1. The van der Waals surface area contributed by atoms with E-state index in [-0.39, 0.29) is 30.0 Å². The summed E-state index contributed by atoms with van der Waals surface area (Å²) in [6, 6.07) is 0.0671. The highest BCUT2D eigenvalue weighted by Crippen LogP contribution is 2.09. The zero-order chi connectivity index (χ0) is 9.78. The fourth-order valence-electron chi connectivity index (χ4n) is 0.738. The van der Waals surface area contributed by atoms with Gasteiger partial charge < -0.3 is 10.5 Å². The van der Waals surface area contributed by atoms with E-state index < -0.39 is 0 Å². The van der Waals surface area contributed by atoms with Gasteiger partial charge in [-0.2, -0.15) is 0 Å². The molecule has 0 saturated carbocycles. The van der Waals surface area contributed by atoms with Crippen molar-refractivity contribution in [3.05, 3.63) is 0 Å². The van der Waals surface area contributed by atoms with Crippen LogP contribution in [0.25, 0.3) is 0 Å². The van der Waals surface area contributed by atoms with Gasteiger partial charge in [-0.3, -0.25) is 4.79 Å². The Morgan fingerprint density at radius 3 is 2.23 bits per heavy atom. The van der Waals surface area contributed by atoms with Gasteiger partial charge in [0.2, 0.25) is 0 Å². The molecule has 0 rings (SSSR count). The molecular formula is C9H20ClNO2. The minimum atomic E-state index is -0.380. The predicted molar refractivity (Wildman–Crippen MR) is 56.0 cm³/mol. The molecule has 0 spiro atoms. The molecule has 0 aliphatic heterocycles. The van der Waals surface area contributed by atoms with Gasteiger partial charge in [0.1, 0.15) is 5.60 Å². The van der Waals surface area contributed by atoms with Gasteiger partial charge in [-0.05, 0) is 34.1 Å². The summed E-state index contributed by atoms with van der Waals surface area (Å²) < 4.78 is 5.09. The molecule has 2 N–H and O–H groups in total. The Kier molecular flexibility index (Phi) is 7.27. The molecular weight excluding hydrogens is 190 g/mol. The monoisotopic (exact) mass is 209 g/mol. The van der Waals surface area contributed by atoms with Gasteiger partial charge in [0.15, 0.2) is 0 Å². The zero-order valence-electron chi connectivity index (χ0n) is 8.79. The Hall–Kier alpha value is -0.280. The number of halogens is 1. The van der Waals surface area contributed by atoms with Crippen LogP contribution in [0.2, 0.25) is 0 Å². The molecule has 0 aromatic carbocycles. The first-order valence-electron chi connectivity index (χ1n) is 4.28. The summed E-state index contributed by atoms with van der Waals surface area (Å²) in [6.45, 7) is 7.45. The lowest BCUT2D eigenvalue weighted by Crippen LogP contribution is -2.25. The van der Waals surface area contributed by atoms with E-state index in [0.717, 1.165) is 0 Å². The number of esters is 1. The number of hydrogen-bond acceptors (Lipinski definition) is 3. The molecule has 0 radical (unpaired) electrons. The van der Waals surface area contributed by atoms with Crippen LogP contribution in [0.5, 0.6) is 0 Å². The molecule has 0 aliphatic carbocycles. The summed E-state index contributed by atoms with van der Waals surface area (Å²) >= 11 is 0. The van der Waals surface area contributed by atoms with E-state index in [1.165, 1.54) is 0 Å². The Morgan fingerprint density at radius 2 is 1.92 bits per heavy atom. The Bertz CT molecular complexity index is 152. The predicted octanol–water partition coefficient (Wildman–Crippen LogP) is 1.88. The SMILES string of the molecule is CC(N)CCC(=O)OC(C)(C)C.Cl. The number of hydrogen-bond donors (Lipinski definition) is 1. The summed E-state index contributed by atoms with van der Waals surface area (Å²) in [5.41, 5.74) is 5.12. The van der Waals surface area contributed by atoms with Crippen LogP contribution in [0, 0.1) is 0 Å². The molecule has 0 saturated heterocycles. The average molecular weight is 210 g/mol. The maximum atomic E-state index is 11.1. The standard InChI is InChI=1S/C9H19NO2.ClH/c1-7(10)5-6-8(11)12-9(2,3)4;/h7H,5-6,10H2,1-4H3;1H. The molecule has 0 aliphatic rings. The van der Waals surface area contributed by atoms with Gasteiger partial charge in [-0.15, -0.1) is 12.4 Å². The number of carbonyl (C=O) groups is 1. The van der Waals surface area contributed by atoms with Gasteiger partial charge in [-0.1, -0.05) is 0 Å². The molecule has 80 valence electrons. The molecule has 4 heteroatoms. The quantitative estimate of drug-likeness (QED) is 0.723. The van der Waals surface area contributed by atoms with E-state index in [0.29, 0.717) is 12.8 Å². The maximum absolute atomic E-state index is 11.1. The van der Waals surface area contributed by atoms with Crippen molar-refractivity contribution in [1.82, 2.24) is 0 Å². The highest BCUT2D eigenvalue weighted by Gasteiger charge is 2.15. The molecule has 0 heterocycles. The number of nitrogens with two attached hydrogens (primary N) is 1. The van der Waals surface area contributed by atoms with Crippen LogP contribution in [-0.2, 0) is 9.53 Å². The third-order valence-corrected chi connectivity index (χ3v) is 1.22. The normalized spacial score (nSPS) is 13.0. The lowest BCUT2D eigenvalue weighted by atomic mass is 10.1. The fourth-order valence-corrected chi connectivity index (χ4v) is 0.738. The van der Waals surface area contributed by atoms with Crippen LogP contribution < -0.4 is 5.73 Å². The highest BCUT2D eigenvalue weighted by molar-refractivity contribution is 5.85. The summed E-state index contributed by atoms with van der Waals surface area (Å²) in [5, 5.41) is 0. The van der Waals surface area contributed by atoms with Crippen LogP contribution in [0.3, 0.4) is 0 Å². The first kappa shape index (κ1) is 15.2. The molecule has 0 fully saturated rings. The zero-order valence-corrected chi connectivity index (χ0v) is 9.61. The van der Waals surface area contributed by atoms with Gasteiger partial charge in [0.05, 0.1) is 0 Å². The third-order valence-electron chi connectivity index (χ3n) is 1.22. The molecule has 13 heavy (non-hydrogen) atoms. The molecule has 0 aromatic heterocycles. The van der Waals surface area contributed by atoms with Crippen molar-refractivity contribution in [3.8, 4) is 0 Å². The maximum Gasteiger partial charge on any atom is 0.306 e. The van der Waals surface area contributed by atoms with Crippen molar-refractivity contribution in [1.29, 1.82) is 0 Å². The van der Waals surface area contributed by atoms with Crippen molar-refractivity contribution in [3.63, 3.8) is 0 Å². The minimum Gasteiger partial charge on any atom is -0.460 e. The van der Waals surface area contributed by atoms with Crippen LogP contribution in [0.1, 0.15) is 40.5 Å². The van der Waals surface area contributed by atoms with Gasteiger partial charge in [0, 0.05) is 12.5 Å². The van der Waals surface area contributed by atoms with E-state index >= 15 is 0 Å². The Labute approximate surface area is 86.4 Å². The molecule has 0 bridgehead atoms. The van der Waals surface area contributed by atoms with E-state index in [1.54, 1.807) is 0 Å². The second-order valence-electron chi connectivity index (χ2n) is 4.10. The number of carbonyl (C=O) groups excluding carboxylic acids is 1. The van der Waals surface area contributed by atoms with Crippen molar-refractivity contribution in [2.75, 3.05) is 0 Å². The summed E-state index contributed by atoms with van der Waals surface area (Å²) in [7, 11) is 0.